The zero-order valence-corrected chi connectivity index (χ0v) is 9.03. The molecule has 1 heterocycles. The van der Waals surface area contributed by atoms with Gasteiger partial charge in [-0.3, -0.25) is 4.79 Å². The van der Waals surface area contributed by atoms with Crippen LogP contribution in [0.3, 0.4) is 0 Å². The molecule has 2 unspecified atom stereocenters. The number of carbonyl (C=O) groups is 1. The maximum Gasteiger partial charge on any atom is 0.323 e. The number of aliphatic carboxylic acids is 1. The second-order valence-corrected chi connectivity index (χ2v) is 4.47. The van der Waals surface area contributed by atoms with Gasteiger partial charge in [-0.15, -0.1) is 0 Å². The number of carboxylic acid groups (broad SMARTS) is 1. The molecule has 2 atom stereocenters. The van der Waals surface area contributed by atoms with E-state index in [4.69, 9.17) is 5.11 Å². The van der Waals surface area contributed by atoms with Crippen LogP contribution < -0.4 is 5.32 Å². The number of benzene rings is 1. The van der Waals surface area contributed by atoms with Crippen LogP contribution in [0.4, 0.5) is 4.39 Å². The summed E-state index contributed by atoms with van der Waals surface area (Å²) in [7, 11) is 0. The fourth-order valence-corrected chi connectivity index (χ4v) is 2.14. The average Bonchev–Trinajstić information content (AvgIpc) is 2.62. The van der Waals surface area contributed by atoms with E-state index in [1.807, 2.05) is 6.07 Å². The van der Waals surface area contributed by atoms with Crippen LogP contribution in [-0.2, 0) is 4.79 Å². The van der Waals surface area contributed by atoms with Crippen LogP contribution in [0.5, 0.6) is 0 Å². The monoisotopic (exact) mass is 223 g/mol. The molecular weight excluding hydrogens is 209 g/mol. The maximum absolute atomic E-state index is 13.0. The van der Waals surface area contributed by atoms with Crippen LogP contribution in [0.15, 0.2) is 24.3 Å². The maximum atomic E-state index is 13.0. The van der Waals surface area contributed by atoms with Gasteiger partial charge in [0, 0.05) is 6.54 Å². The minimum absolute atomic E-state index is 0.0665. The molecule has 1 saturated heterocycles. The Balaban J connectivity index is 2.18. The van der Waals surface area contributed by atoms with E-state index in [9.17, 15) is 9.18 Å². The quantitative estimate of drug-likeness (QED) is 0.803. The summed E-state index contributed by atoms with van der Waals surface area (Å²) in [5.41, 5.74) is -0.0331. The SMILES string of the molecule is CC1(C(=O)O)CC(c2cccc(F)c2)CN1. The van der Waals surface area contributed by atoms with Gasteiger partial charge in [0.05, 0.1) is 0 Å². The summed E-state index contributed by atoms with van der Waals surface area (Å²) in [6.45, 7) is 2.24. The summed E-state index contributed by atoms with van der Waals surface area (Å²) in [6, 6.07) is 6.35. The summed E-state index contributed by atoms with van der Waals surface area (Å²) >= 11 is 0. The van der Waals surface area contributed by atoms with E-state index in [0.717, 1.165) is 5.56 Å². The Hall–Kier alpha value is -1.42. The van der Waals surface area contributed by atoms with E-state index in [-0.39, 0.29) is 11.7 Å². The topological polar surface area (TPSA) is 49.3 Å². The van der Waals surface area contributed by atoms with Crippen molar-refractivity contribution in [1.29, 1.82) is 0 Å². The van der Waals surface area contributed by atoms with Gasteiger partial charge in [0.2, 0.25) is 0 Å². The molecule has 0 aliphatic carbocycles. The van der Waals surface area contributed by atoms with Crippen LogP contribution in [0, 0.1) is 5.82 Å². The van der Waals surface area contributed by atoms with E-state index < -0.39 is 11.5 Å². The highest BCUT2D eigenvalue weighted by Gasteiger charge is 2.41. The minimum Gasteiger partial charge on any atom is -0.480 e. The fourth-order valence-electron chi connectivity index (χ4n) is 2.14. The molecule has 0 aromatic heterocycles. The van der Waals surface area contributed by atoms with E-state index in [1.165, 1.54) is 12.1 Å². The van der Waals surface area contributed by atoms with Crippen molar-refractivity contribution >= 4 is 5.97 Å². The second kappa shape index (κ2) is 3.87. The second-order valence-electron chi connectivity index (χ2n) is 4.47. The Labute approximate surface area is 93.3 Å². The molecule has 1 fully saturated rings. The molecule has 0 bridgehead atoms. The number of halogens is 1. The van der Waals surface area contributed by atoms with Gasteiger partial charge >= 0.3 is 5.97 Å². The van der Waals surface area contributed by atoms with Crippen molar-refractivity contribution in [2.45, 2.75) is 24.8 Å². The first-order valence-corrected chi connectivity index (χ1v) is 5.25. The van der Waals surface area contributed by atoms with Crippen molar-refractivity contribution in [3.63, 3.8) is 0 Å². The lowest BCUT2D eigenvalue weighted by atomic mass is 9.90. The predicted octanol–water partition coefficient (Wildman–Crippen LogP) is 1.75. The third-order valence-corrected chi connectivity index (χ3v) is 3.19. The van der Waals surface area contributed by atoms with Gasteiger partial charge < -0.3 is 10.4 Å². The number of carboxylic acids is 1. The van der Waals surface area contributed by atoms with E-state index >= 15 is 0 Å². The Bertz CT molecular complexity index is 421. The van der Waals surface area contributed by atoms with Crippen LogP contribution in [0.1, 0.15) is 24.8 Å². The van der Waals surface area contributed by atoms with Crippen LogP contribution in [-0.4, -0.2) is 23.2 Å². The van der Waals surface area contributed by atoms with E-state index in [1.54, 1.807) is 13.0 Å². The fraction of sp³-hybridized carbons (Fsp3) is 0.417. The van der Waals surface area contributed by atoms with Crippen molar-refractivity contribution in [3.05, 3.63) is 35.6 Å². The molecule has 3 nitrogen and oxygen atoms in total. The third kappa shape index (κ3) is 1.93. The Kier molecular flexibility index (Phi) is 2.68. The summed E-state index contributed by atoms with van der Waals surface area (Å²) < 4.78 is 13.0. The molecule has 0 amide bonds. The summed E-state index contributed by atoms with van der Waals surface area (Å²) in [5.74, 6) is -1.07. The highest BCUT2D eigenvalue weighted by atomic mass is 19.1. The molecule has 1 aliphatic heterocycles. The van der Waals surface area contributed by atoms with Gasteiger partial charge in [0.25, 0.3) is 0 Å². The van der Waals surface area contributed by atoms with Crippen molar-refractivity contribution in [1.82, 2.24) is 5.32 Å². The van der Waals surface area contributed by atoms with Crippen molar-refractivity contribution in [2.24, 2.45) is 0 Å². The molecule has 2 rings (SSSR count). The molecule has 16 heavy (non-hydrogen) atoms. The molecule has 0 radical (unpaired) electrons. The van der Waals surface area contributed by atoms with E-state index in [0.29, 0.717) is 13.0 Å². The van der Waals surface area contributed by atoms with Crippen molar-refractivity contribution in [3.8, 4) is 0 Å². The Morgan fingerprint density at radius 1 is 1.62 bits per heavy atom. The molecule has 0 saturated carbocycles. The van der Waals surface area contributed by atoms with Crippen LogP contribution >= 0.6 is 0 Å². The van der Waals surface area contributed by atoms with Gasteiger partial charge in [-0.1, -0.05) is 12.1 Å². The first-order valence-electron chi connectivity index (χ1n) is 5.25. The number of hydrogen-bond acceptors (Lipinski definition) is 2. The number of hydrogen-bond donors (Lipinski definition) is 2. The Morgan fingerprint density at radius 2 is 2.38 bits per heavy atom. The first kappa shape index (κ1) is 11.1. The minimum atomic E-state index is -0.892. The molecule has 1 aliphatic rings. The lowest BCUT2D eigenvalue weighted by molar-refractivity contribution is -0.143. The molecule has 1 aromatic rings. The molecule has 86 valence electrons. The standard InChI is InChI=1S/C12H14FNO2/c1-12(11(15)16)6-9(7-14-12)8-3-2-4-10(13)5-8/h2-5,9,14H,6-7H2,1H3,(H,15,16). The van der Waals surface area contributed by atoms with Gasteiger partial charge in [-0.05, 0) is 37.0 Å². The normalized spacial score (nSPS) is 29.2. The zero-order valence-electron chi connectivity index (χ0n) is 9.03. The highest BCUT2D eigenvalue weighted by molar-refractivity contribution is 5.79. The van der Waals surface area contributed by atoms with Crippen LogP contribution in [0.25, 0.3) is 0 Å². The molecule has 1 aromatic carbocycles. The number of nitrogens with one attached hydrogen (secondary N) is 1. The largest absolute Gasteiger partial charge is 0.480 e. The average molecular weight is 223 g/mol. The molecular formula is C12H14FNO2. The van der Waals surface area contributed by atoms with E-state index in [2.05, 4.69) is 5.32 Å². The van der Waals surface area contributed by atoms with Gasteiger partial charge in [0.1, 0.15) is 11.4 Å². The molecule has 2 N–H and O–H groups in total. The number of rotatable bonds is 2. The van der Waals surface area contributed by atoms with Gasteiger partial charge in [-0.2, -0.15) is 0 Å². The summed E-state index contributed by atoms with van der Waals surface area (Å²) in [5, 5.41) is 12.0. The molecule has 4 heteroatoms. The molecule has 0 spiro atoms. The van der Waals surface area contributed by atoms with Gasteiger partial charge in [0.15, 0.2) is 0 Å². The summed E-state index contributed by atoms with van der Waals surface area (Å²) in [6.07, 6.45) is 0.492. The zero-order chi connectivity index (χ0) is 11.8. The third-order valence-electron chi connectivity index (χ3n) is 3.19. The highest BCUT2D eigenvalue weighted by Crippen LogP contribution is 2.32. The lowest BCUT2D eigenvalue weighted by Gasteiger charge is -2.18. The Morgan fingerprint density at radius 3 is 2.94 bits per heavy atom. The van der Waals surface area contributed by atoms with Crippen LogP contribution in [0.2, 0.25) is 0 Å². The predicted molar refractivity (Wildman–Crippen MR) is 57.8 cm³/mol. The lowest BCUT2D eigenvalue weighted by Crippen LogP contribution is -2.44. The van der Waals surface area contributed by atoms with Crippen molar-refractivity contribution < 1.29 is 14.3 Å². The first-order chi connectivity index (χ1) is 7.51. The van der Waals surface area contributed by atoms with Gasteiger partial charge in [-0.25, -0.2) is 4.39 Å². The smallest absolute Gasteiger partial charge is 0.323 e. The van der Waals surface area contributed by atoms with Crippen molar-refractivity contribution in [2.75, 3.05) is 6.54 Å². The summed E-state index contributed by atoms with van der Waals surface area (Å²) in [4.78, 5) is 11.0.